The molecule has 0 atom stereocenters. The summed E-state index contributed by atoms with van der Waals surface area (Å²) in [5.74, 6) is 0. The minimum absolute atomic E-state index is 0.681. The van der Waals surface area contributed by atoms with Gasteiger partial charge in [0.1, 0.15) is 6.29 Å². The molecule has 0 saturated carbocycles. The predicted molar refractivity (Wildman–Crippen MR) is 144 cm³/mol. The van der Waals surface area contributed by atoms with Crippen LogP contribution in [0.15, 0.2) is 127 Å². The molecule has 1 heterocycles. The zero-order chi connectivity index (χ0) is 27.0. The molecule has 0 fully saturated rings. The molecule has 2 nitrogen and oxygen atoms in total. The van der Waals surface area contributed by atoms with Gasteiger partial charge in [0.15, 0.2) is 6.54 Å². The molecular weight excluding hydrogens is 489 g/mol. The van der Waals surface area contributed by atoms with E-state index in [4.69, 9.17) is 0 Å². The van der Waals surface area contributed by atoms with Crippen molar-refractivity contribution in [1.82, 2.24) is 0 Å². The average Bonchev–Trinajstić information content (AvgIpc) is 2.94. The number of aromatic nitrogens is 1. The van der Waals surface area contributed by atoms with Gasteiger partial charge in [-0.15, -0.1) is 0 Å². The molecule has 7 heteroatoms. The number of rotatable bonds is 6. The van der Waals surface area contributed by atoms with Crippen molar-refractivity contribution in [3.05, 3.63) is 139 Å². The zero-order valence-corrected chi connectivity index (χ0v) is 20.4. The summed E-state index contributed by atoms with van der Waals surface area (Å²) in [6.45, 7) is 0.764. The molecule has 0 saturated heterocycles. The molecule has 4 aromatic carbocycles. The molecule has 5 aromatic rings. The van der Waals surface area contributed by atoms with Crippen molar-refractivity contribution in [2.45, 2.75) is 6.54 Å². The lowest BCUT2D eigenvalue weighted by Gasteiger charge is -2.13. The van der Waals surface area contributed by atoms with Crippen molar-refractivity contribution < 1.29 is 26.6 Å². The maximum atomic E-state index is 11.1. The van der Waals surface area contributed by atoms with Crippen LogP contribution in [0.1, 0.15) is 15.9 Å². The Morgan fingerprint density at radius 1 is 0.553 bits per heavy atom. The summed E-state index contributed by atoms with van der Waals surface area (Å²) >= 11 is 0. The maximum Gasteiger partial charge on any atom is 0.673 e. The first-order chi connectivity index (χ1) is 18.3. The van der Waals surface area contributed by atoms with Gasteiger partial charge in [-0.25, -0.2) is 0 Å². The van der Waals surface area contributed by atoms with E-state index < -0.39 is 7.25 Å². The lowest BCUT2D eigenvalue weighted by atomic mass is 9.98. The second-order valence-electron chi connectivity index (χ2n) is 8.55. The molecule has 0 radical (unpaired) electrons. The van der Waals surface area contributed by atoms with Crippen LogP contribution in [0.3, 0.4) is 0 Å². The van der Waals surface area contributed by atoms with Gasteiger partial charge < -0.3 is 17.3 Å². The van der Waals surface area contributed by atoms with Crippen LogP contribution in [0.2, 0.25) is 0 Å². The van der Waals surface area contributed by atoms with E-state index in [0.717, 1.165) is 46.5 Å². The Hall–Kier alpha value is -4.52. The zero-order valence-electron chi connectivity index (χ0n) is 20.4. The molecule has 0 bridgehead atoms. The first-order valence-electron chi connectivity index (χ1n) is 12.0. The first kappa shape index (κ1) is 26.5. The monoisotopic (exact) mass is 513 g/mol. The molecule has 0 aliphatic carbocycles. The van der Waals surface area contributed by atoms with Crippen molar-refractivity contribution in [3.8, 4) is 33.6 Å². The van der Waals surface area contributed by atoms with E-state index in [1.165, 1.54) is 5.56 Å². The summed E-state index contributed by atoms with van der Waals surface area (Å²) in [6.07, 6.45) is 0.882. The second kappa shape index (κ2) is 12.1. The van der Waals surface area contributed by atoms with Gasteiger partial charge >= 0.3 is 7.25 Å². The Balaban J connectivity index is 0.000000617. The van der Waals surface area contributed by atoms with E-state index in [2.05, 4.69) is 95.6 Å². The third kappa shape index (κ3) is 7.26. The number of carbonyl (C=O) groups excluding carboxylic acids is 1. The Morgan fingerprint density at radius 2 is 0.974 bits per heavy atom. The van der Waals surface area contributed by atoms with Crippen LogP contribution in [0.4, 0.5) is 17.3 Å². The minimum atomic E-state index is -6.00. The van der Waals surface area contributed by atoms with Crippen LogP contribution < -0.4 is 4.57 Å². The number of hydrogen-bond acceptors (Lipinski definition) is 1. The first-order valence-corrected chi connectivity index (χ1v) is 12.0. The number of pyridine rings is 1. The van der Waals surface area contributed by atoms with Crippen molar-refractivity contribution in [3.63, 3.8) is 0 Å². The van der Waals surface area contributed by atoms with Gasteiger partial charge in [-0.1, -0.05) is 91.0 Å². The molecule has 38 heavy (non-hydrogen) atoms. The van der Waals surface area contributed by atoms with Crippen molar-refractivity contribution in [2.75, 3.05) is 0 Å². The average molecular weight is 513 g/mol. The normalized spacial score (nSPS) is 10.8. The highest BCUT2D eigenvalue weighted by atomic mass is 19.5. The van der Waals surface area contributed by atoms with E-state index in [9.17, 15) is 22.1 Å². The molecule has 0 N–H and O–H groups in total. The summed E-state index contributed by atoms with van der Waals surface area (Å²) < 4.78 is 41.4. The van der Waals surface area contributed by atoms with E-state index in [1.54, 1.807) is 0 Å². The van der Waals surface area contributed by atoms with Crippen LogP contribution in [-0.2, 0) is 6.54 Å². The number of benzene rings is 4. The van der Waals surface area contributed by atoms with E-state index in [0.29, 0.717) is 5.56 Å². The number of hydrogen-bond donors (Lipinski definition) is 0. The van der Waals surface area contributed by atoms with E-state index >= 15 is 0 Å². The van der Waals surface area contributed by atoms with Gasteiger partial charge in [0.25, 0.3) is 0 Å². The van der Waals surface area contributed by atoms with Gasteiger partial charge in [-0.3, -0.25) is 4.79 Å². The number of carbonyl (C=O) groups is 1. The predicted octanol–water partition coefficient (Wildman–Crippen LogP) is 8.14. The third-order valence-corrected chi connectivity index (χ3v) is 5.87. The van der Waals surface area contributed by atoms with Crippen LogP contribution in [0.25, 0.3) is 33.6 Å². The van der Waals surface area contributed by atoms with Gasteiger partial charge in [0.2, 0.25) is 11.4 Å². The lowest BCUT2D eigenvalue weighted by Crippen LogP contribution is -2.39. The number of nitrogens with zero attached hydrogens (tertiary/aromatic N) is 1. The maximum absolute atomic E-state index is 11.1. The molecule has 190 valence electrons. The highest BCUT2D eigenvalue weighted by molar-refractivity contribution is 6.50. The van der Waals surface area contributed by atoms with Gasteiger partial charge in [0, 0.05) is 34.4 Å². The van der Waals surface area contributed by atoms with Crippen LogP contribution in [0.5, 0.6) is 0 Å². The molecule has 0 spiro atoms. The fraction of sp³-hybridized carbons (Fsp3) is 0.0323. The topological polar surface area (TPSA) is 20.9 Å². The Morgan fingerprint density at radius 3 is 1.39 bits per heavy atom. The van der Waals surface area contributed by atoms with E-state index in [1.807, 2.05) is 36.4 Å². The summed E-state index contributed by atoms with van der Waals surface area (Å²) in [5, 5.41) is 0. The Bertz CT molecular complexity index is 1410. The summed E-state index contributed by atoms with van der Waals surface area (Å²) in [4.78, 5) is 11.1. The number of aldehydes is 1. The molecule has 5 rings (SSSR count). The third-order valence-electron chi connectivity index (χ3n) is 5.87. The molecular formula is C31H24BF4NO. The van der Waals surface area contributed by atoms with E-state index in [-0.39, 0.29) is 0 Å². The summed E-state index contributed by atoms with van der Waals surface area (Å²) in [7, 11) is -6.00. The minimum Gasteiger partial charge on any atom is -0.418 e. The molecule has 0 aliphatic heterocycles. The highest BCUT2D eigenvalue weighted by Crippen LogP contribution is 2.29. The lowest BCUT2D eigenvalue weighted by molar-refractivity contribution is -0.666. The smallest absolute Gasteiger partial charge is 0.418 e. The fourth-order valence-corrected chi connectivity index (χ4v) is 4.18. The van der Waals surface area contributed by atoms with Crippen molar-refractivity contribution >= 4 is 13.5 Å². The standard InChI is InChI=1S/C31H24NO.BF4/c33-23-25-16-18-26(19-17-25)29-20-30(27-12-6-2-7-13-27)32(22-24-10-4-1-5-11-24)31(21-29)28-14-8-3-9-15-28;2-1(3,4)5/h1-21,23H,22H2;/q+1;-1. The molecule has 0 unspecified atom stereocenters. The van der Waals surface area contributed by atoms with Gasteiger partial charge in [-0.2, -0.15) is 4.57 Å². The van der Waals surface area contributed by atoms with Crippen LogP contribution in [0, 0.1) is 0 Å². The van der Waals surface area contributed by atoms with Crippen molar-refractivity contribution in [2.24, 2.45) is 0 Å². The van der Waals surface area contributed by atoms with Crippen LogP contribution in [-0.4, -0.2) is 13.5 Å². The summed E-state index contributed by atoms with van der Waals surface area (Å²) in [5.41, 5.74) is 8.76. The fourth-order valence-electron chi connectivity index (χ4n) is 4.18. The Kier molecular flexibility index (Phi) is 8.49. The molecule has 0 aliphatic rings. The largest absolute Gasteiger partial charge is 0.673 e. The Labute approximate surface area is 219 Å². The van der Waals surface area contributed by atoms with Gasteiger partial charge in [0.05, 0.1) is 0 Å². The van der Waals surface area contributed by atoms with Gasteiger partial charge in [-0.05, 0) is 35.4 Å². The number of halogens is 4. The SMILES string of the molecule is F[B-](F)(F)F.O=Cc1ccc(-c2cc(-c3ccccc3)[n+](Cc3ccccc3)c(-c3ccccc3)c2)cc1. The quantitative estimate of drug-likeness (QED) is 0.0972. The van der Waals surface area contributed by atoms with Crippen molar-refractivity contribution in [1.29, 1.82) is 0 Å². The highest BCUT2D eigenvalue weighted by Gasteiger charge is 2.23. The summed E-state index contributed by atoms with van der Waals surface area (Å²) in [6, 6.07) is 43.9. The molecule has 0 amide bonds. The van der Waals surface area contributed by atoms with Crippen LogP contribution >= 0.6 is 0 Å². The molecule has 1 aromatic heterocycles. The second-order valence-corrected chi connectivity index (χ2v) is 8.55.